The van der Waals surface area contributed by atoms with E-state index in [0.29, 0.717) is 0 Å². The van der Waals surface area contributed by atoms with E-state index >= 15 is 0 Å². The number of fused-ring (bicyclic) bond motifs is 12. The van der Waals surface area contributed by atoms with Crippen molar-refractivity contribution in [2.45, 2.75) is 5.41 Å². The Morgan fingerprint density at radius 1 is 0.254 bits per heavy atom. The Labute approximate surface area is 344 Å². The zero-order chi connectivity index (χ0) is 38.9. The van der Waals surface area contributed by atoms with Crippen LogP contribution in [0.4, 0.5) is 34.1 Å². The first-order valence-corrected chi connectivity index (χ1v) is 20.4. The topological polar surface area (TPSA) is 6.48 Å². The Morgan fingerprint density at radius 2 is 0.763 bits per heavy atom. The predicted molar refractivity (Wildman–Crippen MR) is 247 cm³/mol. The first kappa shape index (κ1) is 33.5. The van der Waals surface area contributed by atoms with Crippen LogP contribution in [0.3, 0.4) is 0 Å². The van der Waals surface area contributed by atoms with Crippen LogP contribution in [0.15, 0.2) is 231 Å². The molecule has 2 aliphatic carbocycles. The maximum Gasteiger partial charge on any atom is 0.0726 e. The van der Waals surface area contributed by atoms with Crippen molar-refractivity contribution in [2.24, 2.45) is 0 Å². The molecule has 0 amide bonds. The van der Waals surface area contributed by atoms with Crippen molar-refractivity contribution in [3.8, 4) is 22.3 Å². The third-order valence-electron chi connectivity index (χ3n) is 12.6. The molecular formula is C57H38N2. The fourth-order valence-electron chi connectivity index (χ4n) is 10.1. The normalized spacial score (nSPS) is 14.5. The van der Waals surface area contributed by atoms with E-state index in [1.807, 2.05) is 0 Å². The van der Waals surface area contributed by atoms with E-state index in [1.165, 1.54) is 66.1 Å². The minimum atomic E-state index is -0.505. The standard InChI is InChI=1S/C57H38N2/c1-3-20-42(21-4-1)58(44-31-30-39-16-7-8-18-41(39)36-44)46-32-34-50-48-25-11-13-27-52(48)57(55(50)38-46)53-28-14-12-26-49(53)51-37-45(33-35-54(51)57)59(43-22-5-2-6-23-43)56-29-15-19-40-17-9-10-24-47(40)56/h1-38H. The second-order valence-electron chi connectivity index (χ2n) is 15.7. The molecule has 10 aromatic carbocycles. The summed E-state index contributed by atoms with van der Waals surface area (Å²) in [5.74, 6) is 0. The molecule has 0 aromatic heterocycles. The van der Waals surface area contributed by atoms with Crippen molar-refractivity contribution in [1.29, 1.82) is 0 Å². The fourth-order valence-corrected chi connectivity index (χ4v) is 10.1. The van der Waals surface area contributed by atoms with E-state index in [0.717, 1.165) is 34.1 Å². The van der Waals surface area contributed by atoms with Gasteiger partial charge in [-0.2, -0.15) is 0 Å². The number of hydrogen-bond donors (Lipinski definition) is 0. The Bertz CT molecular complexity index is 3240. The lowest BCUT2D eigenvalue weighted by Gasteiger charge is -2.33. The zero-order valence-corrected chi connectivity index (χ0v) is 32.3. The van der Waals surface area contributed by atoms with Gasteiger partial charge in [0.2, 0.25) is 0 Å². The van der Waals surface area contributed by atoms with Crippen LogP contribution in [0, 0.1) is 0 Å². The molecular weight excluding hydrogens is 713 g/mol. The van der Waals surface area contributed by atoms with Crippen molar-refractivity contribution in [3.05, 3.63) is 253 Å². The summed E-state index contributed by atoms with van der Waals surface area (Å²) < 4.78 is 0. The van der Waals surface area contributed by atoms with Gasteiger partial charge in [0.15, 0.2) is 0 Å². The van der Waals surface area contributed by atoms with Gasteiger partial charge in [-0.3, -0.25) is 0 Å². The van der Waals surface area contributed by atoms with E-state index in [-0.39, 0.29) is 0 Å². The van der Waals surface area contributed by atoms with E-state index < -0.39 is 5.41 Å². The Balaban J connectivity index is 1.10. The fraction of sp³-hybridized carbons (Fsp3) is 0.0175. The first-order chi connectivity index (χ1) is 29.3. The summed E-state index contributed by atoms with van der Waals surface area (Å²) in [7, 11) is 0. The summed E-state index contributed by atoms with van der Waals surface area (Å²) >= 11 is 0. The molecule has 2 aliphatic rings. The molecule has 276 valence electrons. The van der Waals surface area contributed by atoms with E-state index in [2.05, 4.69) is 240 Å². The van der Waals surface area contributed by atoms with E-state index in [9.17, 15) is 0 Å². The lowest BCUT2D eigenvalue weighted by molar-refractivity contribution is 0.793. The summed E-state index contributed by atoms with van der Waals surface area (Å²) in [5, 5.41) is 4.90. The Morgan fingerprint density at radius 3 is 1.53 bits per heavy atom. The average Bonchev–Trinajstić information content (AvgIpc) is 3.77. The monoisotopic (exact) mass is 750 g/mol. The third kappa shape index (κ3) is 5.00. The molecule has 0 heterocycles. The Hall–Kier alpha value is -7.68. The molecule has 59 heavy (non-hydrogen) atoms. The molecule has 0 saturated carbocycles. The van der Waals surface area contributed by atoms with Crippen LogP contribution in [0.1, 0.15) is 22.3 Å². The zero-order valence-electron chi connectivity index (χ0n) is 32.3. The molecule has 2 heteroatoms. The maximum absolute atomic E-state index is 2.48. The highest BCUT2D eigenvalue weighted by Crippen LogP contribution is 2.64. The number of para-hydroxylation sites is 2. The summed E-state index contributed by atoms with van der Waals surface area (Å²) in [5.41, 5.74) is 16.7. The highest BCUT2D eigenvalue weighted by atomic mass is 15.1. The van der Waals surface area contributed by atoms with Gasteiger partial charge >= 0.3 is 0 Å². The maximum atomic E-state index is 2.48. The largest absolute Gasteiger partial charge is 0.310 e. The minimum absolute atomic E-state index is 0.505. The lowest BCUT2D eigenvalue weighted by Crippen LogP contribution is -2.26. The molecule has 10 aromatic rings. The van der Waals surface area contributed by atoms with Crippen LogP contribution in [-0.2, 0) is 5.41 Å². The van der Waals surface area contributed by atoms with Gasteiger partial charge in [0.25, 0.3) is 0 Å². The van der Waals surface area contributed by atoms with Crippen molar-refractivity contribution >= 4 is 55.7 Å². The SMILES string of the molecule is c1ccc(N(c2ccc3c(c2)C2(c4ccccc4-c4cc(N(c5ccccc5)c5cccc6ccccc56)ccc42)c2ccccc2-3)c2ccc3ccccc3c2)cc1. The van der Waals surface area contributed by atoms with Gasteiger partial charge in [-0.05, 0) is 127 Å². The Kier molecular flexibility index (Phi) is 7.48. The van der Waals surface area contributed by atoms with E-state index in [4.69, 9.17) is 0 Å². The van der Waals surface area contributed by atoms with E-state index in [1.54, 1.807) is 0 Å². The van der Waals surface area contributed by atoms with Crippen LogP contribution in [-0.4, -0.2) is 0 Å². The number of benzene rings is 10. The number of anilines is 6. The number of hydrogen-bond acceptors (Lipinski definition) is 2. The summed E-state index contributed by atoms with van der Waals surface area (Å²) in [6, 6.07) is 84.8. The molecule has 0 radical (unpaired) electrons. The van der Waals surface area contributed by atoms with Gasteiger partial charge in [0.05, 0.1) is 11.1 Å². The summed E-state index contributed by atoms with van der Waals surface area (Å²) in [6.07, 6.45) is 0. The summed E-state index contributed by atoms with van der Waals surface area (Å²) in [6.45, 7) is 0. The quantitative estimate of drug-likeness (QED) is 0.167. The highest BCUT2D eigenvalue weighted by molar-refractivity contribution is 6.01. The number of nitrogens with zero attached hydrogens (tertiary/aromatic N) is 2. The summed E-state index contributed by atoms with van der Waals surface area (Å²) in [4.78, 5) is 4.84. The average molecular weight is 751 g/mol. The van der Waals surface area contributed by atoms with Crippen molar-refractivity contribution in [3.63, 3.8) is 0 Å². The minimum Gasteiger partial charge on any atom is -0.310 e. The highest BCUT2D eigenvalue weighted by Gasteiger charge is 2.52. The lowest BCUT2D eigenvalue weighted by atomic mass is 9.70. The van der Waals surface area contributed by atoms with Crippen LogP contribution in [0.25, 0.3) is 43.8 Å². The predicted octanol–water partition coefficient (Wildman–Crippen LogP) is 15.3. The van der Waals surface area contributed by atoms with Crippen LogP contribution in [0.5, 0.6) is 0 Å². The van der Waals surface area contributed by atoms with Gasteiger partial charge in [0.1, 0.15) is 0 Å². The second kappa shape index (κ2) is 13.2. The van der Waals surface area contributed by atoms with Gasteiger partial charge in [0, 0.05) is 33.8 Å². The molecule has 0 bridgehead atoms. The molecule has 0 aliphatic heterocycles. The first-order valence-electron chi connectivity index (χ1n) is 20.4. The van der Waals surface area contributed by atoms with Gasteiger partial charge < -0.3 is 9.80 Å². The van der Waals surface area contributed by atoms with Crippen LogP contribution < -0.4 is 9.80 Å². The molecule has 1 unspecified atom stereocenters. The second-order valence-corrected chi connectivity index (χ2v) is 15.7. The number of rotatable bonds is 6. The van der Waals surface area contributed by atoms with Crippen molar-refractivity contribution in [2.75, 3.05) is 9.80 Å². The third-order valence-corrected chi connectivity index (χ3v) is 12.6. The van der Waals surface area contributed by atoms with Crippen molar-refractivity contribution < 1.29 is 0 Å². The van der Waals surface area contributed by atoms with Gasteiger partial charge in [-0.1, -0.05) is 164 Å². The van der Waals surface area contributed by atoms with Crippen molar-refractivity contribution in [1.82, 2.24) is 0 Å². The molecule has 1 atom stereocenters. The van der Waals surface area contributed by atoms with Crippen LogP contribution >= 0.6 is 0 Å². The van der Waals surface area contributed by atoms with Crippen LogP contribution in [0.2, 0.25) is 0 Å². The molecule has 1 spiro atoms. The smallest absolute Gasteiger partial charge is 0.0726 e. The molecule has 0 saturated heterocycles. The molecule has 0 fully saturated rings. The molecule has 12 rings (SSSR count). The van der Waals surface area contributed by atoms with Gasteiger partial charge in [-0.25, -0.2) is 0 Å². The van der Waals surface area contributed by atoms with Gasteiger partial charge in [-0.15, -0.1) is 0 Å². The molecule has 2 nitrogen and oxygen atoms in total. The molecule has 0 N–H and O–H groups in total.